The minimum Gasteiger partial charge on any atom is -0.398 e. The second-order valence-corrected chi connectivity index (χ2v) is 2.29. The van der Waals surface area contributed by atoms with Crippen LogP contribution in [0.25, 0.3) is 0 Å². The molecule has 0 fully saturated rings. The third kappa shape index (κ3) is 1.27. The van der Waals surface area contributed by atoms with Crippen LogP contribution in [0.2, 0.25) is 0 Å². The van der Waals surface area contributed by atoms with E-state index in [9.17, 15) is 9.59 Å². The van der Waals surface area contributed by atoms with Crippen molar-refractivity contribution in [1.82, 2.24) is 0 Å². The Morgan fingerprint density at radius 3 is 2.50 bits per heavy atom. The zero-order chi connectivity index (χ0) is 9.14. The molecule has 0 saturated heterocycles. The maximum atomic E-state index is 10.8. The number of benzene rings is 1. The predicted molar refractivity (Wildman–Crippen MR) is 44.8 cm³/mol. The van der Waals surface area contributed by atoms with Crippen molar-refractivity contribution >= 4 is 17.9 Å². The van der Waals surface area contributed by atoms with Gasteiger partial charge in [-0.1, -0.05) is 12.1 Å². The largest absolute Gasteiger partial charge is 0.398 e. The smallest absolute Gasteiger partial charge is 0.251 e. The van der Waals surface area contributed by atoms with E-state index in [0.29, 0.717) is 6.29 Å². The summed E-state index contributed by atoms with van der Waals surface area (Å²) in [5.74, 6) is -0.685. The summed E-state index contributed by atoms with van der Waals surface area (Å²) in [5, 5.41) is 0. The molecule has 0 saturated carbocycles. The van der Waals surface area contributed by atoms with E-state index in [-0.39, 0.29) is 16.8 Å². The lowest BCUT2D eigenvalue weighted by Crippen LogP contribution is -2.15. The van der Waals surface area contributed by atoms with Crippen LogP contribution in [0.5, 0.6) is 0 Å². The van der Waals surface area contributed by atoms with Crippen LogP contribution < -0.4 is 11.5 Å². The minimum absolute atomic E-state index is 0.0903. The summed E-state index contributed by atoms with van der Waals surface area (Å²) >= 11 is 0. The van der Waals surface area contributed by atoms with Crippen LogP contribution in [0.1, 0.15) is 20.7 Å². The van der Waals surface area contributed by atoms with Crippen molar-refractivity contribution < 1.29 is 9.59 Å². The van der Waals surface area contributed by atoms with Crippen molar-refractivity contribution in [2.45, 2.75) is 0 Å². The van der Waals surface area contributed by atoms with Gasteiger partial charge in [0.2, 0.25) is 0 Å². The lowest BCUT2D eigenvalue weighted by Gasteiger charge is -2.02. The molecule has 0 aliphatic rings. The van der Waals surface area contributed by atoms with Gasteiger partial charge in [0.25, 0.3) is 5.91 Å². The molecule has 0 aliphatic heterocycles. The molecule has 0 unspecified atom stereocenters. The highest BCUT2D eigenvalue weighted by atomic mass is 16.1. The molecule has 1 aromatic rings. The highest BCUT2D eigenvalue weighted by Crippen LogP contribution is 2.14. The van der Waals surface area contributed by atoms with Gasteiger partial charge >= 0.3 is 0 Å². The number of primary amides is 1. The number of hydrogen-bond acceptors (Lipinski definition) is 3. The Balaban J connectivity index is 3.39. The Morgan fingerprint density at radius 1 is 1.42 bits per heavy atom. The van der Waals surface area contributed by atoms with Crippen LogP contribution in [0.15, 0.2) is 18.2 Å². The summed E-state index contributed by atoms with van der Waals surface area (Å²) in [5.41, 5.74) is 11.0. The van der Waals surface area contributed by atoms with Crippen molar-refractivity contribution in [3.05, 3.63) is 29.3 Å². The first-order valence-electron chi connectivity index (χ1n) is 3.30. The van der Waals surface area contributed by atoms with Gasteiger partial charge in [-0.25, -0.2) is 0 Å². The summed E-state index contributed by atoms with van der Waals surface area (Å²) in [4.78, 5) is 21.2. The average molecular weight is 164 g/mol. The maximum Gasteiger partial charge on any atom is 0.251 e. The van der Waals surface area contributed by atoms with Gasteiger partial charge in [-0.2, -0.15) is 0 Å². The second-order valence-electron chi connectivity index (χ2n) is 2.29. The van der Waals surface area contributed by atoms with E-state index >= 15 is 0 Å². The van der Waals surface area contributed by atoms with E-state index in [4.69, 9.17) is 11.5 Å². The summed E-state index contributed by atoms with van der Waals surface area (Å²) < 4.78 is 0. The summed E-state index contributed by atoms with van der Waals surface area (Å²) in [7, 11) is 0. The normalized spacial score (nSPS) is 9.33. The van der Waals surface area contributed by atoms with E-state index in [2.05, 4.69) is 0 Å². The number of nitrogens with two attached hydrogens (primary N) is 2. The summed E-state index contributed by atoms with van der Waals surface area (Å²) in [6, 6.07) is 4.60. The van der Waals surface area contributed by atoms with Gasteiger partial charge < -0.3 is 11.5 Å². The van der Waals surface area contributed by atoms with Crippen LogP contribution in [0, 0.1) is 0 Å². The van der Waals surface area contributed by atoms with Crippen molar-refractivity contribution in [3.8, 4) is 0 Å². The molecule has 12 heavy (non-hydrogen) atoms. The van der Waals surface area contributed by atoms with Crippen molar-refractivity contribution in [1.29, 1.82) is 0 Å². The molecule has 0 spiro atoms. The van der Waals surface area contributed by atoms with E-state index in [1.54, 1.807) is 6.07 Å². The van der Waals surface area contributed by atoms with Crippen LogP contribution >= 0.6 is 0 Å². The molecule has 4 nitrogen and oxygen atoms in total. The first-order chi connectivity index (χ1) is 5.66. The van der Waals surface area contributed by atoms with E-state index in [1.165, 1.54) is 12.1 Å². The molecule has 0 aromatic heterocycles. The molecule has 1 amide bonds. The Labute approximate surface area is 69.2 Å². The molecule has 0 atom stereocenters. The fraction of sp³-hybridized carbons (Fsp3) is 0. The lowest BCUT2D eigenvalue weighted by atomic mass is 10.1. The fourth-order valence-corrected chi connectivity index (χ4v) is 0.972. The zero-order valence-electron chi connectivity index (χ0n) is 6.28. The summed E-state index contributed by atoms with van der Waals surface area (Å²) in [6.45, 7) is 0. The zero-order valence-corrected chi connectivity index (χ0v) is 6.28. The number of anilines is 1. The Hall–Kier alpha value is -1.84. The molecule has 0 aliphatic carbocycles. The Bertz CT molecular complexity index is 334. The van der Waals surface area contributed by atoms with E-state index in [0.717, 1.165) is 0 Å². The minimum atomic E-state index is -0.685. The predicted octanol–water partition coefficient (Wildman–Crippen LogP) is 0.180. The van der Waals surface area contributed by atoms with E-state index in [1.807, 2.05) is 0 Å². The number of rotatable bonds is 2. The van der Waals surface area contributed by atoms with Crippen LogP contribution in [0.4, 0.5) is 5.69 Å². The first kappa shape index (κ1) is 8.26. The molecular weight excluding hydrogens is 156 g/mol. The molecule has 4 heteroatoms. The maximum absolute atomic E-state index is 10.8. The first-order valence-corrected chi connectivity index (χ1v) is 3.30. The van der Waals surface area contributed by atoms with Gasteiger partial charge in [-0.3, -0.25) is 9.59 Å². The third-order valence-corrected chi connectivity index (χ3v) is 1.50. The van der Waals surface area contributed by atoms with Gasteiger partial charge in [0.05, 0.1) is 5.56 Å². The van der Waals surface area contributed by atoms with Gasteiger partial charge in [0.1, 0.15) is 0 Å². The highest BCUT2D eigenvalue weighted by molar-refractivity contribution is 6.04. The van der Waals surface area contributed by atoms with Crippen molar-refractivity contribution in [2.24, 2.45) is 5.73 Å². The van der Waals surface area contributed by atoms with Gasteiger partial charge in [-0.15, -0.1) is 0 Å². The van der Waals surface area contributed by atoms with Gasteiger partial charge in [-0.05, 0) is 6.07 Å². The Kier molecular flexibility index (Phi) is 2.09. The van der Waals surface area contributed by atoms with Crippen molar-refractivity contribution in [2.75, 3.05) is 5.73 Å². The number of carbonyl (C=O) groups is 2. The van der Waals surface area contributed by atoms with Gasteiger partial charge in [0, 0.05) is 11.3 Å². The number of amides is 1. The molecule has 0 heterocycles. The highest BCUT2D eigenvalue weighted by Gasteiger charge is 2.09. The average Bonchev–Trinajstić information content (AvgIpc) is 2.03. The van der Waals surface area contributed by atoms with Gasteiger partial charge in [0.15, 0.2) is 6.29 Å². The molecule has 0 radical (unpaired) electrons. The number of nitrogen functional groups attached to an aromatic ring is 1. The van der Waals surface area contributed by atoms with Crippen molar-refractivity contribution in [3.63, 3.8) is 0 Å². The fourth-order valence-electron chi connectivity index (χ4n) is 0.972. The van der Waals surface area contributed by atoms with Crippen LogP contribution in [0.3, 0.4) is 0 Å². The third-order valence-electron chi connectivity index (χ3n) is 1.50. The molecule has 0 bridgehead atoms. The molecule has 1 aromatic carbocycles. The molecule has 1 rings (SSSR count). The number of hydrogen-bond donors (Lipinski definition) is 2. The molecule has 4 N–H and O–H groups in total. The number of aldehydes is 1. The molecule has 62 valence electrons. The quantitative estimate of drug-likeness (QED) is 0.483. The monoisotopic (exact) mass is 164 g/mol. The van der Waals surface area contributed by atoms with Crippen LogP contribution in [-0.4, -0.2) is 12.2 Å². The topological polar surface area (TPSA) is 86.2 Å². The molecular formula is C8H8N2O2. The van der Waals surface area contributed by atoms with E-state index < -0.39 is 5.91 Å². The second kappa shape index (κ2) is 3.04. The summed E-state index contributed by atoms with van der Waals surface area (Å²) in [6.07, 6.45) is 0.552. The SMILES string of the molecule is NC(=O)c1c(N)cccc1C=O. The number of carbonyl (C=O) groups excluding carboxylic acids is 2. The van der Waals surface area contributed by atoms with Crippen LogP contribution in [-0.2, 0) is 0 Å². The standard InChI is InChI=1S/C8H8N2O2/c9-6-3-1-2-5(4-11)7(6)8(10)12/h1-4H,9H2,(H2,10,12). The lowest BCUT2D eigenvalue weighted by molar-refractivity contribution is 0.0994. The Morgan fingerprint density at radius 2 is 2.08 bits per heavy atom.